The summed E-state index contributed by atoms with van der Waals surface area (Å²) < 4.78 is 6.15. The maximum Gasteiger partial charge on any atom is 0.225 e. The molecule has 3 nitrogen and oxygen atoms in total. The van der Waals surface area contributed by atoms with Crippen molar-refractivity contribution in [3.63, 3.8) is 0 Å². The molecule has 3 aliphatic rings. The van der Waals surface area contributed by atoms with Crippen LogP contribution in [0, 0.1) is 5.92 Å². The zero-order valence-corrected chi connectivity index (χ0v) is 11.0. The highest BCUT2D eigenvalue weighted by Gasteiger charge is 2.61. The average Bonchev–Trinajstić information content (AvgIpc) is 3.03. The van der Waals surface area contributed by atoms with E-state index in [1.807, 2.05) is 6.07 Å². The van der Waals surface area contributed by atoms with Gasteiger partial charge in [-0.1, -0.05) is 30.3 Å². The minimum absolute atomic E-state index is 0.226. The standard InChI is InChI=1S/C16H19NO2/c18-15-10-13-7-4-8-16(13)17(15)14(11-19-16)9-12-5-2-1-3-6-12/h1-3,5-6,13-14H,4,7-11H2/t13-,14-,16+/m1/s1. The summed E-state index contributed by atoms with van der Waals surface area (Å²) in [6, 6.07) is 10.7. The van der Waals surface area contributed by atoms with Gasteiger partial charge in [0, 0.05) is 12.3 Å². The fourth-order valence-corrected chi connectivity index (χ4v) is 4.25. The largest absolute Gasteiger partial charge is 0.353 e. The molecule has 3 fully saturated rings. The third-order valence-corrected chi connectivity index (χ3v) is 5.03. The van der Waals surface area contributed by atoms with E-state index in [-0.39, 0.29) is 11.8 Å². The van der Waals surface area contributed by atoms with Gasteiger partial charge in [-0.2, -0.15) is 0 Å². The number of nitrogens with zero attached hydrogens (tertiary/aromatic N) is 1. The van der Waals surface area contributed by atoms with Gasteiger partial charge in [0.05, 0.1) is 12.6 Å². The molecule has 0 N–H and O–H groups in total. The fourth-order valence-electron chi connectivity index (χ4n) is 4.25. The number of benzene rings is 1. The fraction of sp³-hybridized carbons (Fsp3) is 0.562. The molecule has 2 aliphatic heterocycles. The van der Waals surface area contributed by atoms with Gasteiger partial charge in [0.25, 0.3) is 0 Å². The Hall–Kier alpha value is -1.35. The molecule has 2 saturated heterocycles. The Kier molecular flexibility index (Phi) is 2.46. The summed E-state index contributed by atoms with van der Waals surface area (Å²) in [4.78, 5) is 14.4. The third kappa shape index (κ3) is 1.57. The maximum absolute atomic E-state index is 12.3. The zero-order valence-electron chi connectivity index (χ0n) is 11.0. The Morgan fingerprint density at radius 2 is 2.16 bits per heavy atom. The molecule has 19 heavy (non-hydrogen) atoms. The van der Waals surface area contributed by atoms with E-state index in [1.165, 1.54) is 12.0 Å². The first-order chi connectivity index (χ1) is 9.29. The number of rotatable bonds is 2. The summed E-state index contributed by atoms with van der Waals surface area (Å²) >= 11 is 0. The van der Waals surface area contributed by atoms with Crippen molar-refractivity contribution in [1.29, 1.82) is 0 Å². The molecule has 2 heterocycles. The van der Waals surface area contributed by atoms with Gasteiger partial charge < -0.3 is 9.64 Å². The first kappa shape index (κ1) is 11.5. The Morgan fingerprint density at radius 3 is 3.00 bits per heavy atom. The lowest BCUT2D eigenvalue weighted by Crippen LogP contribution is -2.46. The summed E-state index contributed by atoms with van der Waals surface area (Å²) in [6.45, 7) is 0.705. The minimum atomic E-state index is -0.226. The molecule has 1 aromatic carbocycles. The van der Waals surface area contributed by atoms with E-state index in [4.69, 9.17) is 4.74 Å². The normalized spacial score (nSPS) is 36.6. The van der Waals surface area contributed by atoms with Crippen LogP contribution >= 0.6 is 0 Å². The molecule has 1 amide bonds. The molecule has 1 saturated carbocycles. The van der Waals surface area contributed by atoms with Gasteiger partial charge in [-0.3, -0.25) is 4.79 Å². The predicted molar refractivity (Wildman–Crippen MR) is 71.4 cm³/mol. The Bertz CT molecular complexity index is 501. The second-order valence-corrected chi connectivity index (χ2v) is 6.06. The molecule has 1 aliphatic carbocycles. The number of ether oxygens (including phenoxy) is 1. The Labute approximate surface area is 113 Å². The second kappa shape index (κ2) is 4.07. The van der Waals surface area contributed by atoms with Gasteiger partial charge in [0.15, 0.2) is 0 Å². The van der Waals surface area contributed by atoms with Crippen LogP contribution in [-0.2, 0) is 16.0 Å². The van der Waals surface area contributed by atoms with Crippen LogP contribution in [0.5, 0.6) is 0 Å². The Balaban J connectivity index is 1.61. The van der Waals surface area contributed by atoms with Gasteiger partial charge >= 0.3 is 0 Å². The molecule has 0 unspecified atom stereocenters. The molecule has 0 aromatic heterocycles. The number of carbonyl (C=O) groups is 1. The smallest absolute Gasteiger partial charge is 0.225 e. The summed E-state index contributed by atoms with van der Waals surface area (Å²) in [5.41, 5.74) is 1.07. The van der Waals surface area contributed by atoms with Crippen LogP contribution in [0.1, 0.15) is 31.2 Å². The lowest BCUT2D eigenvalue weighted by atomic mass is 10.0. The highest BCUT2D eigenvalue weighted by atomic mass is 16.5. The SMILES string of the molecule is O=C1C[C@H]2CCC[C@]23OC[C@@H](Cc2ccccc2)N13. The summed E-state index contributed by atoms with van der Waals surface area (Å²) in [5.74, 6) is 0.754. The quantitative estimate of drug-likeness (QED) is 0.814. The first-order valence-electron chi connectivity index (χ1n) is 7.30. The van der Waals surface area contributed by atoms with E-state index < -0.39 is 0 Å². The second-order valence-electron chi connectivity index (χ2n) is 6.06. The number of hydrogen-bond acceptors (Lipinski definition) is 2. The maximum atomic E-state index is 12.3. The molecule has 1 aromatic rings. The van der Waals surface area contributed by atoms with Crippen molar-refractivity contribution in [3.05, 3.63) is 35.9 Å². The van der Waals surface area contributed by atoms with E-state index in [0.717, 1.165) is 19.3 Å². The third-order valence-electron chi connectivity index (χ3n) is 5.03. The zero-order chi connectivity index (χ0) is 12.9. The number of hydrogen-bond donors (Lipinski definition) is 0. The van der Waals surface area contributed by atoms with Gasteiger partial charge in [-0.15, -0.1) is 0 Å². The van der Waals surface area contributed by atoms with Crippen LogP contribution in [0.2, 0.25) is 0 Å². The molecule has 4 rings (SSSR count). The van der Waals surface area contributed by atoms with Crippen molar-refractivity contribution in [2.24, 2.45) is 5.92 Å². The van der Waals surface area contributed by atoms with Gasteiger partial charge in [-0.05, 0) is 31.2 Å². The summed E-state index contributed by atoms with van der Waals surface area (Å²) in [6.07, 6.45) is 5.01. The van der Waals surface area contributed by atoms with Crippen molar-refractivity contribution in [2.45, 2.75) is 43.9 Å². The molecule has 1 spiro atoms. The van der Waals surface area contributed by atoms with Crippen molar-refractivity contribution in [1.82, 2.24) is 4.90 Å². The van der Waals surface area contributed by atoms with E-state index in [2.05, 4.69) is 29.2 Å². The number of amides is 1. The predicted octanol–water partition coefficient (Wildman–Crippen LogP) is 2.36. The molecule has 3 atom stereocenters. The van der Waals surface area contributed by atoms with Crippen molar-refractivity contribution in [2.75, 3.05) is 6.61 Å². The Morgan fingerprint density at radius 1 is 1.32 bits per heavy atom. The summed E-state index contributed by atoms with van der Waals surface area (Å²) in [5, 5.41) is 0. The van der Waals surface area contributed by atoms with E-state index in [0.29, 0.717) is 24.9 Å². The van der Waals surface area contributed by atoms with Crippen molar-refractivity contribution >= 4 is 5.91 Å². The van der Waals surface area contributed by atoms with Crippen LogP contribution in [0.15, 0.2) is 30.3 Å². The molecule has 0 radical (unpaired) electrons. The monoisotopic (exact) mass is 257 g/mol. The van der Waals surface area contributed by atoms with Crippen LogP contribution in [-0.4, -0.2) is 29.2 Å². The average molecular weight is 257 g/mol. The van der Waals surface area contributed by atoms with Crippen LogP contribution in [0.4, 0.5) is 0 Å². The van der Waals surface area contributed by atoms with Gasteiger partial charge in [0.1, 0.15) is 5.72 Å². The summed E-state index contributed by atoms with van der Waals surface area (Å²) in [7, 11) is 0. The van der Waals surface area contributed by atoms with Crippen LogP contribution in [0.25, 0.3) is 0 Å². The van der Waals surface area contributed by atoms with Gasteiger partial charge in [-0.25, -0.2) is 0 Å². The van der Waals surface area contributed by atoms with Crippen molar-refractivity contribution in [3.8, 4) is 0 Å². The van der Waals surface area contributed by atoms with E-state index >= 15 is 0 Å². The molecular weight excluding hydrogens is 238 g/mol. The highest BCUT2D eigenvalue weighted by molar-refractivity contribution is 5.81. The number of carbonyl (C=O) groups excluding carboxylic acids is 1. The lowest BCUT2D eigenvalue weighted by Gasteiger charge is -2.32. The lowest BCUT2D eigenvalue weighted by molar-refractivity contribution is -0.139. The topological polar surface area (TPSA) is 29.5 Å². The van der Waals surface area contributed by atoms with E-state index in [1.54, 1.807) is 0 Å². The van der Waals surface area contributed by atoms with E-state index in [9.17, 15) is 4.79 Å². The van der Waals surface area contributed by atoms with Crippen molar-refractivity contribution < 1.29 is 9.53 Å². The molecule has 3 heteroatoms. The molecule has 0 bridgehead atoms. The first-order valence-corrected chi connectivity index (χ1v) is 7.30. The van der Waals surface area contributed by atoms with Crippen LogP contribution < -0.4 is 0 Å². The molecule has 100 valence electrons. The van der Waals surface area contributed by atoms with Crippen LogP contribution in [0.3, 0.4) is 0 Å². The molecular formula is C16H19NO2. The van der Waals surface area contributed by atoms with Gasteiger partial charge in [0.2, 0.25) is 5.91 Å². The highest BCUT2D eigenvalue weighted by Crippen LogP contribution is 2.52. The minimum Gasteiger partial charge on any atom is -0.353 e.